The monoisotopic (exact) mass is 247 g/mol. The maximum Gasteiger partial charge on any atom is 0.298 e. The van der Waals surface area contributed by atoms with Crippen LogP contribution in [0.2, 0.25) is 0 Å². The molecule has 1 unspecified atom stereocenters. The largest absolute Gasteiger partial charge is 0.423 e. The lowest BCUT2D eigenvalue weighted by Crippen LogP contribution is -2.20. The summed E-state index contributed by atoms with van der Waals surface area (Å²) in [6, 6.07) is 6.21. The number of aliphatic hydroxyl groups is 1. The summed E-state index contributed by atoms with van der Waals surface area (Å²) >= 11 is 0. The van der Waals surface area contributed by atoms with E-state index in [9.17, 15) is 0 Å². The fourth-order valence-corrected chi connectivity index (χ4v) is 2.52. The van der Waals surface area contributed by atoms with E-state index in [-0.39, 0.29) is 6.61 Å². The number of para-hydroxylation sites is 1. The summed E-state index contributed by atoms with van der Waals surface area (Å²) in [5.74, 6) is 0.530. The molecule has 0 bridgehead atoms. The van der Waals surface area contributed by atoms with Crippen molar-refractivity contribution in [1.82, 2.24) is 4.98 Å². The Kier molecular flexibility index (Phi) is 2.83. The molecule has 5 heteroatoms. The Morgan fingerprint density at radius 1 is 1.50 bits per heavy atom. The molecule has 3 N–H and O–H groups in total. The molecular weight excluding hydrogens is 230 g/mol. The van der Waals surface area contributed by atoms with Gasteiger partial charge < -0.3 is 20.2 Å². The number of rotatable bonds is 3. The van der Waals surface area contributed by atoms with Crippen LogP contribution in [0.1, 0.15) is 12.8 Å². The van der Waals surface area contributed by atoms with Crippen LogP contribution in [0.3, 0.4) is 0 Å². The lowest BCUT2D eigenvalue weighted by Gasteiger charge is -2.12. The average Bonchev–Trinajstić information content (AvgIpc) is 2.96. The number of fused-ring (bicyclic) bond motifs is 1. The maximum atomic E-state index is 8.96. The van der Waals surface area contributed by atoms with Gasteiger partial charge in [0.1, 0.15) is 5.52 Å². The van der Waals surface area contributed by atoms with E-state index in [4.69, 9.17) is 15.3 Å². The minimum absolute atomic E-state index is 0.249. The lowest BCUT2D eigenvalue weighted by atomic mass is 10.1. The van der Waals surface area contributed by atoms with Gasteiger partial charge in [-0.05, 0) is 30.9 Å². The highest BCUT2D eigenvalue weighted by atomic mass is 16.4. The summed E-state index contributed by atoms with van der Waals surface area (Å²) in [5.41, 5.74) is 7.98. The van der Waals surface area contributed by atoms with Crippen molar-refractivity contribution >= 4 is 22.8 Å². The molecule has 3 rings (SSSR count). The molecule has 0 amide bonds. The van der Waals surface area contributed by atoms with Crippen LogP contribution in [0.5, 0.6) is 0 Å². The Labute approximate surface area is 105 Å². The van der Waals surface area contributed by atoms with Crippen LogP contribution >= 0.6 is 0 Å². The smallest absolute Gasteiger partial charge is 0.298 e. The Balaban J connectivity index is 1.85. The van der Waals surface area contributed by atoms with Gasteiger partial charge in [0, 0.05) is 19.7 Å². The van der Waals surface area contributed by atoms with Crippen molar-refractivity contribution in [2.45, 2.75) is 12.8 Å². The van der Waals surface area contributed by atoms with Crippen molar-refractivity contribution in [3.05, 3.63) is 18.2 Å². The van der Waals surface area contributed by atoms with Crippen LogP contribution in [-0.2, 0) is 0 Å². The number of hydrogen-bond donors (Lipinski definition) is 2. The quantitative estimate of drug-likeness (QED) is 0.806. The maximum absolute atomic E-state index is 8.96. The third-order valence-electron chi connectivity index (χ3n) is 3.53. The van der Waals surface area contributed by atoms with Gasteiger partial charge >= 0.3 is 0 Å². The predicted octanol–water partition coefficient (Wildman–Crippen LogP) is 1.62. The highest BCUT2D eigenvalue weighted by Crippen LogP contribution is 2.29. The Bertz CT molecular complexity index is 552. The number of nitrogen functional groups attached to an aromatic ring is 1. The standard InChI is InChI=1S/C13H17N3O2/c14-10-2-1-3-11-12(10)15-13(18-11)16-6-4-9(8-16)5-7-17/h1-3,9,17H,4-8,14H2. The van der Waals surface area contributed by atoms with Gasteiger partial charge in [0.2, 0.25) is 0 Å². The number of aliphatic hydroxyl groups excluding tert-OH is 1. The number of nitrogens with two attached hydrogens (primary N) is 1. The minimum Gasteiger partial charge on any atom is -0.423 e. The Morgan fingerprint density at radius 2 is 2.39 bits per heavy atom. The van der Waals surface area contributed by atoms with Crippen molar-refractivity contribution in [1.29, 1.82) is 0 Å². The fraction of sp³-hybridized carbons (Fsp3) is 0.462. The van der Waals surface area contributed by atoms with Gasteiger partial charge in [0.05, 0.1) is 5.69 Å². The fourth-order valence-electron chi connectivity index (χ4n) is 2.52. The number of aromatic nitrogens is 1. The molecule has 0 spiro atoms. The molecule has 0 aliphatic carbocycles. The second-order valence-electron chi connectivity index (χ2n) is 4.80. The Morgan fingerprint density at radius 3 is 3.17 bits per heavy atom. The summed E-state index contributed by atoms with van der Waals surface area (Å²) in [6.07, 6.45) is 1.92. The minimum atomic E-state index is 0.249. The van der Waals surface area contributed by atoms with Crippen molar-refractivity contribution in [3.63, 3.8) is 0 Å². The second-order valence-corrected chi connectivity index (χ2v) is 4.80. The number of benzene rings is 1. The molecule has 1 saturated heterocycles. The first-order valence-corrected chi connectivity index (χ1v) is 6.29. The molecule has 2 aromatic rings. The van der Waals surface area contributed by atoms with E-state index in [2.05, 4.69) is 9.88 Å². The van der Waals surface area contributed by atoms with E-state index in [1.165, 1.54) is 0 Å². The van der Waals surface area contributed by atoms with Gasteiger partial charge in [-0.25, -0.2) is 0 Å². The van der Waals surface area contributed by atoms with Crippen LogP contribution < -0.4 is 10.6 Å². The van der Waals surface area contributed by atoms with Crippen LogP contribution in [0.4, 0.5) is 11.7 Å². The van der Waals surface area contributed by atoms with E-state index < -0.39 is 0 Å². The van der Waals surface area contributed by atoms with Crippen molar-refractivity contribution in [2.75, 3.05) is 30.3 Å². The molecule has 18 heavy (non-hydrogen) atoms. The van der Waals surface area contributed by atoms with E-state index in [1.807, 2.05) is 18.2 Å². The van der Waals surface area contributed by atoms with Crippen LogP contribution in [0.15, 0.2) is 22.6 Å². The third kappa shape index (κ3) is 1.90. The van der Waals surface area contributed by atoms with E-state index in [1.54, 1.807) is 0 Å². The summed E-state index contributed by atoms with van der Waals surface area (Å²) in [7, 11) is 0. The topological polar surface area (TPSA) is 75.5 Å². The lowest BCUT2D eigenvalue weighted by molar-refractivity contribution is 0.263. The van der Waals surface area contributed by atoms with Gasteiger partial charge in [-0.15, -0.1) is 0 Å². The second kappa shape index (κ2) is 4.49. The van der Waals surface area contributed by atoms with Gasteiger partial charge in [0.15, 0.2) is 5.58 Å². The zero-order valence-electron chi connectivity index (χ0n) is 10.2. The van der Waals surface area contributed by atoms with Crippen molar-refractivity contribution in [2.24, 2.45) is 5.92 Å². The van der Waals surface area contributed by atoms with Crippen molar-refractivity contribution in [3.8, 4) is 0 Å². The Hall–Kier alpha value is -1.75. The van der Waals surface area contributed by atoms with Gasteiger partial charge in [0.25, 0.3) is 6.01 Å². The van der Waals surface area contributed by atoms with Gasteiger partial charge in [-0.3, -0.25) is 0 Å². The van der Waals surface area contributed by atoms with E-state index in [0.717, 1.165) is 37.0 Å². The molecule has 1 atom stereocenters. The number of hydrogen-bond acceptors (Lipinski definition) is 5. The predicted molar refractivity (Wildman–Crippen MR) is 70.4 cm³/mol. The molecule has 1 aromatic heterocycles. The summed E-state index contributed by atoms with van der Waals surface area (Å²) < 4.78 is 5.73. The average molecular weight is 247 g/mol. The summed E-state index contributed by atoms with van der Waals surface area (Å²) in [4.78, 5) is 6.59. The van der Waals surface area contributed by atoms with Crippen LogP contribution in [0.25, 0.3) is 11.1 Å². The zero-order chi connectivity index (χ0) is 12.5. The van der Waals surface area contributed by atoms with Gasteiger partial charge in [-0.1, -0.05) is 6.07 Å². The first-order valence-electron chi connectivity index (χ1n) is 6.29. The number of anilines is 2. The third-order valence-corrected chi connectivity index (χ3v) is 3.53. The molecule has 0 saturated carbocycles. The normalized spacial score (nSPS) is 19.8. The molecule has 1 aromatic carbocycles. The summed E-state index contributed by atoms with van der Waals surface area (Å²) in [5, 5.41) is 8.96. The van der Waals surface area contributed by atoms with Crippen LogP contribution in [0, 0.1) is 5.92 Å². The highest BCUT2D eigenvalue weighted by molar-refractivity contribution is 5.86. The van der Waals surface area contributed by atoms with E-state index in [0.29, 0.717) is 17.6 Å². The molecule has 0 radical (unpaired) electrons. The number of oxazole rings is 1. The summed E-state index contributed by atoms with van der Waals surface area (Å²) in [6.45, 7) is 2.07. The molecule has 1 fully saturated rings. The first kappa shape index (κ1) is 11.3. The number of nitrogens with zero attached hydrogens (tertiary/aromatic N) is 2. The molecule has 5 nitrogen and oxygen atoms in total. The zero-order valence-corrected chi connectivity index (χ0v) is 10.2. The van der Waals surface area contributed by atoms with Gasteiger partial charge in [-0.2, -0.15) is 4.98 Å². The van der Waals surface area contributed by atoms with Crippen LogP contribution in [-0.4, -0.2) is 29.8 Å². The highest BCUT2D eigenvalue weighted by Gasteiger charge is 2.25. The molecule has 1 aliphatic heterocycles. The van der Waals surface area contributed by atoms with E-state index >= 15 is 0 Å². The first-order chi connectivity index (χ1) is 8.78. The van der Waals surface area contributed by atoms with Crippen molar-refractivity contribution < 1.29 is 9.52 Å². The molecular formula is C13H17N3O2. The SMILES string of the molecule is Nc1cccc2oc(N3CCC(CCO)C3)nc12. The molecule has 96 valence electrons. The molecule has 1 aliphatic rings. The molecule has 2 heterocycles.